The van der Waals surface area contributed by atoms with E-state index < -0.39 is 5.97 Å². The van der Waals surface area contributed by atoms with E-state index >= 15 is 0 Å². The van der Waals surface area contributed by atoms with Crippen LogP contribution in [-0.4, -0.2) is 47.6 Å². The van der Waals surface area contributed by atoms with Crippen molar-refractivity contribution in [3.8, 4) is 12.3 Å². The molecule has 1 atom stereocenters. The lowest BCUT2D eigenvalue weighted by atomic mass is 10.1. The topological polar surface area (TPSA) is 69.6 Å². The fourth-order valence-electron chi connectivity index (χ4n) is 1.92. The highest BCUT2D eigenvalue weighted by Crippen LogP contribution is 2.19. The second kappa shape index (κ2) is 6.13. The number of hydrogen-bond acceptors (Lipinski definition) is 3. The summed E-state index contributed by atoms with van der Waals surface area (Å²) < 4.78 is 0. The van der Waals surface area contributed by atoms with E-state index in [9.17, 15) is 9.59 Å². The Labute approximate surface area is 94.8 Å². The minimum absolute atomic E-state index is 0.0286. The maximum atomic E-state index is 11.7. The van der Waals surface area contributed by atoms with E-state index in [1.54, 1.807) is 4.90 Å². The molecule has 5 heteroatoms. The minimum atomic E-state index is -0.860. The third-order valence-corrected chi connectivity index (χ3v) is 2.61. The zero-order valence-electron chi connectivity index (χ0n) is 9.11. The largest absolute Gasteiger partial charge is 0.481 e. The number of carbonyl (C=O) groups excluding carboxylic acids is 1. The summed E-state index contributed by atoms with van der Waals surface area (Å²) >= 11 is 0. The number of rotatable bonds is 5. The molecule has 0 radical (unpaired) electrons. The molecule has 0 aromatic rings. The summed E-state index contributed by atoms with van der Waals surface area (Å²) in [6.45, 7) is 1.18. The number of carboxylic acids is 1. The lowest BCUT2D eigenvalue weighted by Crippen LogP contribution is -2.42. The highest BCUT2D eigenvalue weighted by Gasteiger charge is 2.29. The highest BCUT2D eigenvalue weighted by molar-refractivity contribution is 5.79. The van der Waals surface area contributed by atoms with E-state index in [1.165, 1.54) is 0 Å². The summed E-state index contributed by atoms with van der Waals surface area (Å²) in [7, 11) is 0. The highest BCUT2D eigenvalue weighted by atomic mass is 16.4. The van der Waals surface area contributed by atoms with Gasteiger partial charge in [-0.3, -0.25) is 14.9 Å². The number of terminal acetylenes is 1. The number of aliphatic carboxylic acids is 1. The first-order valence-electron chi connectivity index (χ1n) is 5.30. The van der Waals surface area contributed by atoms with E-state index in [1.807, 2.05) is 0 Å². The molecule has 1 unspecified atom stereocenters. The molecular weight excluding hydrogens is 208 g/mol. The van der Waals surface area contributed by atoms with Crippen LogP contribution in [0.3, 0.4) is 0 Å². The van der Waals surface area contributed by atoms with E-state index in [-0.39, 0.29) is 24.9 Å². The number of nitrogens with one attached hydrogen (secondary N) is 1. The van der Waals surface area contributed by atoms with Gasteiger partial charge in [-0.1, -0.05) is 5.92 Å². The molecule has 0 bridgehead atoms. The van der Waals surface area contributed by atoms with E-state index in [0.717, 1.165) is 12.8 Å². The smallest absolute Gasteiger partial charge is 0.305 e. The van der Waals surface area contributed by atoms with Crippen molar-refractivity contribution in [1.82, 2.24) is 10.2 Å². The van der Waals surface area contributed by atoms with Crippen LogP contribution in [0.5, 0.6) is 0 Å². The normalized spacial score (nSPS) is 19.4. The van der Waals surface area contributed by atoms with Crippen molar-refractivity contribution >= 4 is 11.9 Å². The van der Waals surface area contributed by atoms with Gasteiger partial charge in [-0.25, -0.2) is 0 Å². The van der Waals surface area contributed by atoms with Gasteiger partial charge in [0.1, 0.15) is 0 Å². The number of hydrogen-bond donors (Lipinski definition) is 2. The first-order chi connectivity index (χ1) is 7.65. The fourth-order valence-corrected chi connectivity index (χ4v) is 1.92. The van der Waals surface area contributed by atoms with E-state index in [2.05, 4.69) is 11.2 Å². The lowest BCUT2D eigenvalue weighted by molar-refractivity contribution is -0.139. The second-order valence-electron chi connectivity index (χ2n) is 3.79. The molecule has 1 heterocycles. The Morgan fingerprint density at radius 2 is 2.31 bits per heavy atom. The van der Waals surface area contributed by atoms with Crippen molar-refractivity contribution in [2.45, 2.75) is 25.3 Å². The summed E-state index contributed by atoms with van der Waals surface area (Å²) in [5, 5.41) is 11.5. The van der Waals surface area contributed by atoms with Gasteiger partial charge in [-0.2, -0.15) is 0 Å². The van der Waals surface area contributed by atoms with Gasteiger partial charge in [0.25, 0.3) is 0 Å². The molecule has 5 nitrogen and oxygen atoms in total. The van der Waals surface area contributed by atoms with Gasteiger partial charge in [-0.05, 0) is 12.8 Å². The number of carbonyl (C=O) groups is 2. The first-order valence-corrected chi connectivity index (χ1v) is 5.30. The molecule has 0 aromatic carbocycles. The zero-order chi connectivity index (χ0) is 12.0. The third-order valence-electron chi connectivity index (χ3n) is 2.61. The molecule has 0 spiro atoms. The maximum Gasteiger partial charge on any atom is 0.305 e. The molecule has 16 heavy (non-hydrogen) atoms. The van der Waals surface area contributed by atoms with Gasteiger partial charge in [0.15, 0.2) is 0 Å². The molecule has 1 aliphatic rings. The molecule has 1 saturated heterocycles. The van der Waals surface area contributed by atoms with Gasteiger partial charge in [0, 0.05) is 12.6 Å². The molecular formula is C11H16N2O3. The van der Waals surface area contributed by atoms with Crippen molar-refractivity contribution in [1.29, 1.82) is 0 Å². The second-order valence-corrected chi connectivity index (χ2v) is 3.79. The molecule has 1 fully saturated rings. The van der Waals surface area contributed by atoms with E-state index in [4.69, 9.17) is 11.5 Å². The SMILES string of the molecule is C#CCNCC(=O)N1CCCC1CC(=O)O. The predicted molar refractivity (Wildman–Crippen MR) is 58.7 cm³/mol. The van der Waals surface area contributed by atoms with Crippen LogP contribution in [0.25, 0.3) is 0 Å². The Bertz CT molecular complexity index is 309. The molecule has 0 aliphatic carbocycles. The first kappa shape index (κ1) is 12.5. The van der Waals surface area contributed by atoms with Crippen molar-refractivity contribution in [3.05, 3.63) is 0 Å². The quantitative estimate of drug-likeness (QED) is 0.496. The molecule has 0 saturated carbocycles. The van der Waals surface area contributed by atoms with E-state index in [0.29, 0.717) is 13.1 Å². The van der Waals surface area contributed by atoms with Crippen LogP contribution in [0.2, 0.25) is 0 Å². The Hall–Kier alpha value is -1.54. The zero-order valence-corrected chi connectivity index (χ0v) is 9.11. The van der Waals surface area contributed by atoms with Crippen LogP contribution in [0, 0.1) is 12.3 Å². The summed E-state index contributed by atoms with van der Waals surface area (Å²) in [5.74, 6) is 1.45. The Morgan fingerprint density at radius 1 is 1.56 bits per heavy atom. The standard InChI is InChI=1S/C11H16N2O3/c1-2-5-12-8-10(14)13-6-3-4-9(13)7-11(15)16/h1,9,12H,3-8H2,(H,15,16). The van der Waals surface area contributed by atoms with Crippen LogP contribution in [0.15, 0.2) is 0 Å². The van der Waals surface area contributed by atoms with Gasteiger partial charge in [-0.15, -0.1) is 6.42 Å². The van der Waals surface area contributed by atoms with Crippen LogP contribution < -0.4 is 5.32 Å². The van der Waals surface area contributed by atoms with Crippen LogP contribution in [-0.2, 0) is 9.59 Å². The number of nitrogens with zero attached hydrogens (tertiary/aromatic N) is 1. The lowest BCUT2D eigenvalue weighted by Gasteiger charge is -2.23. The summed E-state index contributed by atoms with van der Waals surface area (Å²) in [6.07, 6.45) is 6.72. The summed E-state index contributed by atoms with van der Waals surface area (Å²) in [4.78, 5) is 24.0. The molecule has 1 aliphatic heterocycles. The average molecular weight is 224 g/mol. The average Bonchev–Trinajstić information content (AvgIpc) is 2.65. The predicted octanol–water partition coefficient (Wildman–Crippen LogP) is -0.325. The van der Waals surface area contributed by atoms with Gasteiger partial charge < -0.3 is 10.0 Å². The van der Waals surface area contributed by atoms with Crippen LogP contribution in [0.1, 0.15) is 19.3 Å². The van der Waals surface area contributed by atoms with Crippen molar-refractivity contribution in [2.24, 2.45) is 0 Å². The van der Waals surface area contributed by atoms with Gasteiger partial charge in [0.05, 0.1) is 19.5 Å². The van der Waals surface area contributed by atoms with Gasteiger partial charge >= 0.3 is 5.97 Å². The van der Waals surface area contributed by atoms with Crippen molar-refractivity contribution < 1.29 is 14.7 Å². The number of carboxylic acid groups (broad SMARTS) is 1. The fraction of sp³-hybridized carbons (Fsp3) is 0.636. The maximum absolute atomic E-state index is 11.7. The number of amides is 1. The molecule has 1 amide bonds. The Kier molecular flexibility index (Phi) is 4.80. The van der Waals surface area contributed by atoms with Crippen molar-refractivity contribution in [3.63, 3.8) is 0 Å². The Balaban J connectivity index is 2.41. The Morgan fingerprint density at radius 3 is 2.94 bits per heavy atom. The summed E-state index contributed by atoms with van der Waals surface area (Å²) in [5.41, 5.74) is 0. The minimum Gasteiger partial charge on any atom is -0.481 e. The summed E-state index contributed by atoms with van der Waals surface area (Å²) in [6, 6.07) is -0.155. The molecule has 2 N–H and O–H groups in total. The molecule has 1 rings (SSSR count). The van der Waals surface area contributed by atoms with Crippen LogP contribution >= 0.6 is 0 Å². The van der Waals surface area contributed by atoms with Crippen LogP contribution in [0.4, 0.5) is 0 Å². The van der Waals surface area contributed by atoms with Gasteiger partial charge in [0.2, 0.25) is 5.91 Å². The molecule has 88 valence electrons. The third kappa shape index (κ3) is 3.55. The monoisotopic (exact) mass is 224 g/mol. The van der Waals surface area contributed by atoms with Crippen molar-refractivity contribution in [2.75, 3.05) is 19.6 Å². The molecule has 0 aromatic heterocycles. The number of likely N-dealkylation sites (tertiary alicyclic amines) is 1.